The van der Waals surface area contributed by atoms with Crippen LogP contribution in [-0.4, -0.2) is 35.7 Å². The molecule has 0 bridgehead atoms. The molecule has 1 aliphatic rings. The predicted molar refractivity (Wildman–Crippen MR) is 92.5 cm³/mol. The lowest BCUT2D eigenvalue weighted by Gasteiger charge is -2.33. The molecule has 0 radical (unpaired) electrons. The third-order valence-electron chi connectivity index (χ3n) is 4.35. The molecule has 5 heteroatoms. The second kappa shape index (κ2) is 7.93. The van der Waals surface area contributed by atoms with E-state index in [1.165, 1.54) is 0 Å². The molecule has 1 heterocycles. The Bertz CT molecular complexity index is 549. The SMILES string of the molecule is CC(C)C[C@H](N)C(=O)N1CCC(C(=O)c2ccc(Cl)cc2)CC1. The average molecular weight is 337 g/mol. The van der Waals surface area contributed by atoms with E-state index in [2.05, 4.69) is 13.8 Å². The highest BCUT2D eigenvalue weighted by Gasteiger charge is 2.30. The Morgan fingerprint density at radius 2 is 1.78 bits per heavy atom. The van der Waals surface area contributed by atoms with Gasteiger partial charge in [0.25, 0.3) is 0 Å². The van der Waals surface area contributed by atoms with Crippen molar-refractivity contribution >= 4 is 23.3 Å². The van der Waals surface area contributed by atoms with E-state index in [1.807, 2.05) is 0 Å². The van der Waals surface area contributed by atoms with Crippen LogP contribution in [0.5, 0.6) is 0 Å². The smallest absolute Gasteiger partial charge is 0.239 e. The van der Waals surface area contributed by atoms with Crippen molar-refractivity contribution in [3.8, 4) is 0 Å². The van der Waals surface area contributed by atoms with Crippen molar-refractivity contribution in [2.45, 2.75) is 39.2 Å². The summed E-state index contributed by atoms with van der Waals surface area (Å²) in [5.41, 5.74) is 6.67. The molecule has 1 amide bonds. The van der Waals surface area contributed by atoms with Crippen molar-refractivity contribution in [3.63, 3.8) is 0 Å². The summed E-state index contributed by atoms with van der Waals surface area (Å²) in [5.74, 6) is 0.524. The van der Waals surface area contributed by atoms with E-state index in [0.29, 0.717) is 48.9 Å². The van der Waals surface area contributed by atoms with Crippen molar-refractivity contribution in [3.05, 3.63) is 34.9 Å². The number of nitrogens with two attached hydrogens (primary N) is 1. The van der Waals surface area contributed by atoms with Crippen LogP contribution in [0, 0.1) is 11.8 Å². The summed E-state index contributed by atoms with van der Waals surface area (Å²) in [6.45, 7) is 5.33. The number of carbonyl (C=O) groups is 2. The summed E-state index contributed by atoms with van der Waals surface area (Å²) in [7, 11) is 0. The van der Waals surface area contributed by atoms with Gasteiger partial charge in [0, 0.05) is 29.6 Å². The number of rotatable bonds is 5. The molecule has 1 atom stereocenters. The third kappa shape index (κ3) is 4.79. The first-order valence-electron chi connectivity index (χ1n) is 8.22. The maximum atomic E-state index is 12.5. The highest BCUT2D eigenvalue weighted by Crippen LogP contribution is 2.23. The molecule has 0 aliphatic carbocycles. The summed E-state index contributed by atoms with van der Waals surface area (Å²) < 4.78 is 0. The maximum Gasteiger partial charge on any atom is 0.239 e. The first-order chi connectivity index (χ1) is 10.9. The molecule has 0 aromatic heterocycles. The molecule has 4 nitrogen and oxygen atoms in total. The molecule has 2 N–H and O–H groups in total. The molecular formula is C18H25ClN2O2. The lowest BCUT2D eigenvalue weighted by Crippen LogP contribution is -2.48. The fourth-order valence-corrected chi connectivity index (χ4v) is 3.18. The van der Waals surface area contributed by atoms with Crippen molar-refractivity contribution in [1.82, 2.24) is 4.90 Å². The molecule has 1 aromatic rings. The number of amides is 1. The number of benzene rings is 1. The van der Waals surface area contributed by atoms with Gasteiger partial charge in [-0.2, -0.15) is 0 Å². The predicted octanol–water partition coefficient (Wildman–Crippen LogP) is 3.13. The first-order valence-corrected chi connectivity index (χ1v) is 8.60. The van der Waals surface area contributed by atoms with Crippen LogP contribution in [0.2, 0.25) is 5.02 Å². The zero-order valence-corrected chi connectivity index (χ0v) is 14.6. The van der Waals surface area contributed by atoms with Gasteiger partial charge in [-0.05, 0) is 49.4 Å². The molecule has 23 heavy (non-hydrogen) atoms. The van der Waals surface area contributed by atoms with Crippen molar-refractivity contribution in [2.75, 3.05) is 13.1 Å². The van der Waals surface area contributed by atoms with Gasteiger partial charge in [-0.3, -0.25) is 9.59 Å². The Balaban J connectivity index is 1.89. The molecular weight excluding hydrogens is 312 g/mol. The Kier molecular flexibility index (Phi) is 6.19. The summed E-state index contributed by atoms with van der Waals surface area (Å²) in [6.07, 6.45) is 2.09. The summed E-state index contributed by atoms with van der Waals surface area (Å²) in [6, 6.07) is 6.57. The fourth-order valence-electron chi connectivity index (χ4n) is 3.06. The van der Waals surface area contributed by atoms with Crippen molar-refractivity contribution in [1.29, 1.82) is 0 Å². The molecule has 1 aromatic carbocycles. The second-order valence-corrected chi connectivity index (χ2v) is 7.14. The van der Waals surface area contributed by atoms with E-state index in [1.54, 1.807) is 29.2 Å². The highest BCUT2D eigenvalue weighted by atomic mass is 35.5. The summed E-state index contributed by atoms with van der Waals surface area (Å²) in [4.78, 5) is 26.6. The van der Waals surface area contributed by atoms with Gasteiger partial charge in [-0.1, -0.05) is 25.4 Å². The van der Waals surface area contributed by atoms with Crippen LogP contribution in [0.3, 0.4) is 0 Å². The summed E-state index contributed by atoms with van der Waals surface area (Å²) in [5, 5.41) is 0.626. The van der Waals surface area contributed by atoms with Gasteiger partial charge in [0.15, 0.2) is 5.78 Å². The third-order valence-corrected chi connectivity index (χ3v) is 4.60. The zero-order chi connectivity index (χ0) is 17.0. The number of halogens is 1. The minimum atomic E-state index is -0.432. The van der Waals surface area contributed by atoms with Crippen LogP contribution in [0.25, 0.3) is 0 Å². The Labute approximate surface area is 143 Å². The van der Waals surface area contributed by atoms with Gasteiger partial charge in [-0.25, -0.2) is 0 Å². The second-order valence-electron chi connectivity index (χ2n) is 6.71. The topological polar surface area (TPSA) is 63.4 Å². The van der Waals surface area contributed by atoms with Crippen LogP contribution in [0.1, 0.15) is 43.5 Å². The van der Waals surface area contributed by atoms with E-state index in [0.717, 1.165) is 0 Å². The first kappa shape index (κ1) is 18.0. The molecule has 1 saturated heterocycles. The van der Waals surface area contributed by atoms with Crippen LogP contribution in [0.15, 0.2) is 24.3 Å². The number of piperidine rings is 1. The number of ketones is 1. The van der Waals surface area contributed by atoms with Gasteiger partial charge >= 0.3 is 0 Å². The molecule has 0 saturated carbocycles. The molecule has 2 rings (SSSR count). The van der Waals surface area contributed by atoms with E-state index >= 15 is 0 Å². The highest BCUT2D eigenvalue weighted by molar-refractivity contribution is 6.30. The molecule has 1 aliphatic heterocycles. The van der Waals surface area contributed by atoms with E-state index in [-0.39, 0.29) is 17.6 Å². The largest absolute Gasteiger partial charge is 0.341 e. The number of hydrogen-bond donors (Lipinski definition) is 1. The molecule has 0 spiro atoms. The van der Waals surface area contributed by atoms with Gasteiger partial charge < -0.3 is 10.6 Å². The standard InChI is InChI=1S/C18H25ClN2O2/c1-12(2)11-16(20)18(23)21-9-7-14(8-10-21)17(22)13-3-5-15(19)6-4-13/h3-6,12,14,16H,7-11,20H2,1-2H3/t16-/m0/s1. The fraction of sp³-hybridized carbons (Fsp3) is 0.556. The van der Waals surface area contributed by atoms with Crippen LogP contribution >= 0.6 is 11.6 Å². The van der Waals surface area contributed by atoms with Crippen LogP contribution in [0.4, 0.5) is 0 Å². The summed E-state index contributed by atoms with van der Waals surface area (Å²) >= 11 is 5.85. The Hall–Kier alpha value is -1.39. The molecule has 0 unspecified atom stereocenters. The number of nitrogens with zero attached hydrogens (tertiary/aromatic N) is 1. The minimum Gasteiger partial charge on any atom is -0.341 e. The molecule has 126 valence electrons. The molecule has 1 fully saturated rings. The van der Waals surface area contributed by atoms with E-state index in [4.69, 9.17) is 17.3 Å². The van der Waals surface area contributed by atoms with Crippen molar-refractivity contribution < 1.29 is 9.59 Å². The Morgan fingerprint density at radius 3 is 2.30 bits per heavy atom. The van der Waals surface area contributed by atoms with Gasteiger partial charge in [0.2, 0.25) is 5.91 Å². The Morgan fingerprint density at radius 1 is 1.22 bits per heavy atom. The van der Waals surface area contributed by atoms with Gasteiger partial charge in [0.1, 0.15) is 0 Å². The average Bonchev–Trinajstić information content (AvgIpc) is 2.53. The van der Waals surface area contributed by atoms with Crippen LogP contribution < -0.4 is 5.73 Å². The quantitative estimate of drug-likeness (QED) is 0.840. The van der Waals surface area contributed by atoms with Crippen molar-refractivity contribution in [2.24, 2.45) is 17.6 Å². The van der Waals surface area contributed by atoms with Gasteiger partial charge in [-0.15, -0.1) is 0 Å². The van der Waals surface area contributed by atoms with Gasteiger partial charge in [0.05, 0.1) is 6.04 Å². The lowest BCUT2D eigenvalue weighted by molar-refractivity contribution is -0.134. The van der Waals surface area contributed by atoms with E-state index < -0.39 is 6.04 Å². The normalized spacial score (nSPS) is 17.3. The monoisotopic (exact) mass is 336 g/mol. The number of likely N-dealkylation sites (tertiary alicyclic amines) is 1. The van der Waals surface area contributed by atoms with E-state index in [9.17, 15) is 9.59 Å². The minimum absolute atomic E-state index is 0.0103. The number of carbonyl (C=O) groups excluding carboxylic acids is 2. The number of Topliss-reactive ketones (excluding diaryl/α,β-unsaturated/α-hetero) is 1. The lowest BCUT2D eigenvalue weighted by atomic mass is 9.88. The number of hydrogen-bond acceptors (Lipinski definition) is 3. The zero-order valence-electron chi connectivity index (χ0n) is 13.8. The van der Waals surface area contributed by atoms with Crippen LogP contribution in [-0.2, 0) is 4.79 Å². The maximum absolute atomic E-state index is 12.5.